The van der Waals surface area contributed by atoms with Crippen LogP contribution in [0.4, 0.5) is 5.69 Å². The molecule has 0 aliphatic heterocycles. The summed E-state index contributed by atoms with van der Waals surface area (Å²) in [5, 5.41) is 0. The van der Waals surface area contributed by atoms with Gasteiger partial charge in [0.1, 0.15) is 0 Å². The third kappa shape index (κ3) is 4.17. The van der Waals surface area contributed by atoms with Gasteiger partial charge in [0.2, 0.25) is 5.91 Å². The van der Waals surface area contributed by atoms with E-state index in [4.69, 9.17) is 0 Å². The molecule has 0 heterocycles. The Bertz CT molecular complexity index is 409. The molecule has 0 aliphatic rings. The van der Waals surface area contributed by atoms with E-state index in [9.17, 15) is 4.79 Å². The van der Waals surface area contributed by atoms with Crippen LogP contribution in [-0.4, -0.2) is 12.5 Å². The molecular weight excluding hydrogens is 222 g/mol. The van der Waals surface area contributed by atoms with Crippen LogP contribution in [0, 0.1) is 19.3 Å². The molecule has 0 radical (unpaired) electrons. The molecule has 1 aromatic rings. The lowest BCUT2D eigenvalue weighted by molar-refractivity contribution is -0.120. The van der Waals surface area contributed by atoms with Crippen molar-refractivity contribution in [1.29, 1.82) is 0 Å². The fourth-order valence-electron chi connectivity index (χ4n) is 2.16. The van der Waals surface area contributed by atoms with Crippen LogP contribution in [0.5, 0.6) is 0 Å². The van der Waals surface area contributed by atoms with Crippen LogP contribution < -0.4 is 4.90 Å². The van der Waals surface area contributed by atoms with Crippen LogP contribution in [0.15, 0.2) is 18.2 Å². The SMILES string of the molecule is CCN(C(=O)CC(C)(C)C)c1cc(C)cc(C)c1. The minimum atomic E-state index is 0.0311. The lowest BCUT2D eigenvalue weighted by Crippen LogP contribution is -2.33. The van der Waals surface area contributed by atoms with Crippen LogP contribution in [0.3, 0.4) is 0 Å². The third-order valence-corrected chi connectivity index (χ3v) is 2.82. The third-order valence-electron chi connectivity index (χ3n) is 2.82. The molecule has 0 unspecified atom stereocenters. The Morgan fingerprint density at radius 1 is 1.11 bits per heavy atom. The number of anilines is 1. The van der Waals surface area contributed by atoms with Gasteiger partial charge in [0, 0.05) is 18.7 Å². The van der Waals surface area contributed by atoms with Gasteiger partial charge in [-0.3, -0.25) is 4.79 Å². The van der Waals surface area contributed by atoms with E-state index < -0.39 is 0 Å². The summed E-state index contributed by atoms with van der Waals surface area (Å²) in [4.78, 5) is 14.2. The molecule has 1 amide bonds. The number of carbonyl (C=O) groups is 1. The Labute approximate surface area is 111 Å². The summed E-state index contributed by atoms with van der Waals surface area (Å²) < 4.78 is 0. The van der Waals surface area contributed by atoms with E-state index in [1.807, 2.05) is 11.8 Å². The predicted molar refractivity (Wildman–Crippen MR) is 78.0 cm³/mol. The van der Waals surface area contributed by atoms with Crippen molar-refractivity contribution in [3.05, 3.63) is 29.3 Å². The fourth-order valence-corrected chi connectivity index (χ4v) is 2.16. The predicted octanol–water partition coefficient (Wildman–Crippen LogP) is 4.09. The van der Waals surface area contributed by atoms with Gasteiger partial charge in [-0.25, -0.2) is 0 Å². The van der Waals surface area contributed by atoms with Gasteiger partial charge in [0.25, 0.3) is 0 Å². The maximum absolute atomic E-state index is 12.3. The smallest absolute Gasteiger partial charge is 0.227 e. The molecule has 100 valence electrons. The number of rotatable bonds is 3. The molecule has 0 saturated carbocycles. The molecule has 1 rings (SSSR count). The molecule has 0 atom stereocenters. The summed E-state index contributed by atoms with van der Waals surface area (Å²) in [6.45, 7) is 13.2. The normalized spacial score (nSPS) is 11.4. The Kier molecular flexibility index (Phi) is 4.55. The van der Waals surface area contributed by atoms with Crippen molar-refractivity contribution in [2.24, 2.45) is 5.41 Å². The highest BCUT2D eigenvalue weighted by Gasteiger charge is 2.21. The number of hydrogen-bond acceptors (Lipinski definition) is 1. The van der Waals surface area contributed by atoms with E-state index >= 15 is 0 Å². The lowest BCUT2D eigenvalue weighted by atomic mass is 9.91. The number of aryl methyl sites for hydroxylation is 2. The van der Waals surface area contributed by atoms with Gasteiger partial charge in [0.05, 0.1) is 0 Å². The van der Waals surface area contributed by atoms with Crippen molar-refractivity contribution in [2.45, 2.75) is 48.0 Å². The molecular formula is C16H25NO. The highest BCUT2D eigenvalue weighted by molar-refractivity contribution is 5.93. The zero-order chi connectivity index (χ0) is 13.9. The monoisotopic (exact) mass is 247 g/mol. The average molecular weight is 247 g/mol. The fraction of sp³-hybridized carbons (Fsp3) is 0.562. The zero-order valence-electron chi connectivity index (χ0n) is 12.5. The average Bonchev–Trinajstić information content (AvgIpc) is 2.13. The Morgan fingerprint density at radius 3 is 2.00 bits per heavy atom. The molecule has 2 heteroatoms. The van der Waals surface area contributed by atoms with Crippen LogP contribution in [0.25, 0.3) is 0 Å². The zero-order valence-corrected chi connectivity index (χ0v) is 12.5. The first-order chi connectivity index (χ1) is 8.23. The van der Waals surface area contributed by atoms with Crippen molar-refractivity contribution in [3.63, 3.8) is 0 Å². The Morgan fingerprint density at radius 2 is 1.61 bits per heavy atom. The van der Waals surface area contributed by atoms with Gasteiger partial charge in [-0.1, -0.05) is 26.8 Å². The summed E-state index contributed by atoms with van der Waals surface area (Å²) in [7, 11) is 0. The first kappa shape index (κ1) is 14.7. The van der Waals surface area contributed by atoms with Crippen LogP contribution in [-0.2, 0) is 4.79 Å². The molecule has 0 bridgehead atoms. The van der Waals surface area contributed by atoms with Crippen molar-refractivity contribution >= 4 is 11.6 Å². The van der Waals surface area contributed by atoms with Crippen molar-refractivity contribution < 1.29 is 4.79 Å². The van der Waals surface area contributed by atoms with E-state index in [1.165, 1.54) is 11.1 Å². The number of benzene rings is 1. The van der Waals surface area contributed by atoms with Gasteiger partial charge in [0.15, 0.2) is 0 Å². The van der Waals surface area contributed by atoms with Crippen molar-refractivity contribution in [1.82, 2.24) is 0 Å². The maximum atomic E-state index is 12.3. The standard InChI is InChI=1S/C16H25NO/c1-7-17(15(18)11-16(4,5)6)14-9-12(2)8-13(3)10-14/h8-10H,7,11H2,1-6H3. The lowest BCUT2D eigenvalue weighted by Gasteiger charge is -2.26. The second kappa shape index (κ2) is 5.55. The van der Waals surface area contributed by atoms with E-state index in [1.54, 1.807) is 0 Å². The van der Waals surface area contributed by atoms with Crippen LogP contribution >= 0.6 is 0 Å². The minimum Gasteiger partial charge on any atom is -0.313 e. The molecule has 0 spiro atoms. The number of hydrogen-bond donors (Lipinski definition) is 0. The number of amides is 1. The summed E-state index contributed by atoms with van der Waals surface area (Å²) in [6.07, 6.45) is 0.577. The maximum Gasteiger partial charge on any atom is 0.227 e. The first-order valence-electron chi connectivity index (χ1n) is 6.61. The molecule has 0 aliphatic carbocycles. The highest BCUT2D eigenvalue weighted by atomic mass is 16.2. The second-order valence-corrected chi connectivity index (χ2v) is 6.22. The Balaban J connectivity index is 2.99. The van der Waals surface area contributed by atoms with Crippen molar-refractivity contribution in [3.8, 4) is 0 Å². The molecule has 18 heavy (non-hydrogen) atoms. The summed E-state index contributed by atoms with van der Waals surface area (Å²) in [5.41, 5.74) is 3.45. The van der Waals surface area contributed by atoms with E-state index in [-0.39, 0.29) is 11.3 Å². The molecule has 0 fully saturated rings. The van der Waals surface area contributed by atoms with E-state index in [0.29, 0.717) is 6.42 Å². The largest absolute Gasteiger partial charge is 0.313 e. The van der Waals surface area contributed by atoms with Gasteiger partial charge in [-0.2, -0.15) is 0 Å². The van der Waals surface area contributed by atoms with Gasteiger partial charge in [-0.05, 0) is 49.4 Å². The summed E-state index contributed by atoms with van der Waals surface area (Å²) in [5.74, 6) is 0.204. The summed E-state index contributed by atoms with van der Waals surface area (Å²) in [6, 6.07) is 6.29. The quantitative estimate of drug-likeness (QED) is 0.787. The molecule has 0 saturated heterocycles. The number of carbonyl (C=O) groups excluding carboxylic acids is 1. The second-order valence-electron chi connectivity index (χ2n) is 6.22. The molecule has 0 N–H and O–H groups in total. The topological polar surface area (TPSA) is 20.3 Å². The van der Waals surface area contributed by atoms with Crippen LogP contribution in [0.1, 0.15) is 45.2 Å². The first-order valence-corrected chi connectivity index (χ1v) is 6.61. The summed E-state index contributed by atoms with van der Waals surface area (Å²) >= 11 is 0. The minimum absolute atomic E-state index is 0.0311. The van der Waals surface area contributed by atoms with Crippen molar-refractivity contribution in [2.75, 3.05) is 11.4 Å². The van der Waals surface area contributed by atoms with E-state index in [2.05, 4.69) is 52.8 Å². The van der Waals surface area contributed by atoms with Gasteiger partial charge in [-0.15, -0.1) is 0 Å². The number of nitrogens with zero attached hydrogens (tertiary/aromatic N) is 1. The Hall–Kier alpha value is -1.31. The van der Waals surface area contributed by atoms with Crippen LogP contribution in [0.2, 0.25) is 0 Å². The van der Waals surface area contributed by atoms with Gasteiger partial charge >= 0.3 is 0 Å². The van der Waals surface area contributed by atoms with E-state index in [0.717, 1.165) is 12.2 Å². The molecule has 0 aromatic heterocycles. The molecule has 2 nitrogen and oxygen atoms in total. The van der Waals surface area contributed by atoms with Gasteiger partial charge < -0.3 is 4.90 Å². The molecule has 1 aromatic carbocycles. The highest BCUT2D eigenvalue weighted by Crippen LogP contribution is 2.24.